The predicted octanol–water partition coefficient (Wildman–Crippen LogP) is 1.26. The zero-order chi connectivity index (χ0) is 16.0. The van der Waals surface area contributed by atoms with Crippen molar-refractivity contribution in [3.8, 4) is 0 Å². The number of benzene rings is 1. The average Bonchev–Trinajstić information content (AvgIpc) is 2.39. The van der Waals surface area contributed by atoms with Crippen molar-refractivity contribution in [2.75, 3.05) is 25.5 Å². The molecule has 0 spiro atoms. The van der Waals surface area contributed by atoms with Gasteiger partial charge in [0.1, 0.15) is 0 Å². The monoisotopic (exact) mass is 292 g/mol. The van der Waals surface area contributed by atoms with Gasteiger partial charge in [-0.3, -0.25) is 14.4 Å². The summed E-state index contributed by atoms with van der Waals surface area (Å²) in [7, 11) is 1.48. The molecule has 0 bridgehead atoms. The van der Waals surface area contributed by atoms with E-state index in [-0.39, 0.29) is 19.1 Å². The lowest BCUT2D eigenvalue weighted by atomic mass is 10.1. The summed E-state index contributed by atoms with van der Waals surface area (Å²) in [6, 6.07) is 5.74. The number of ether oxygens (including phenoxy) is 1. The van der Waals surface area contributed by atoms with Crippen molar-refractivity contribution in [1.29, 1.82) is 0 Å². The number of likely N-dealkylation sites (N-methyl/N-ethyl adjacent to an activating group) is 1. The van der Waals surface area contributed by atoms with Crippen molar-refractivity contribution < 1.29 is 19.1 Å². The number of anilines is 1. The summed E-state index contributed by atoms with van der Waals surface area (Å²) in [5, 5.41) is 2.76. The minimum absolute atomic E-state index is 0.104. The van der Waals surface area contributed by atoms with Crippen molar-refractivity contribution >= 4 is 23.5 Å². The standard InChI is InChI=1S/C15H20N2O4/c1-10-5-6-11(2)13(7-10)16-14(19)8-17(4)15(20)9-21-12(3)18/h5-7H,8-9H2,1-4H3,(H,16,19). The van der Waals surface area contributed by atoms with Crippen LogP contribution in [0.4, 0.5) is 5.69 Å². The van der Waals surface area contributed by atoms with Gasteiger partial charge >= 0.3 is 5.97 Å². The fraction of sp³-hybridized carbons (Fsp3) is 0.400. The molecule has 1 aromatic rings. The van der Waals surface area contributed by atoms with Gasteiger partial charge in [-0.25, -0.2) is 0 Å². The lowest BCUT2D eigenvalue weighted by Crippen LogP contribution is -2.37. The Morgan fingerprint density at radius 1 is 1.24 bits per heavy atom. The summed E-state index contributed by atoms with van der Waals surface area (Å²) < 4.78 is 4.60. The summed E-state index contributed by atoms with van der Waals surface area (Å²) in [6.45, 7) is 4.59. The van der Waals surface area contributed by atoms with Crippen molar-refractivity contribution in [3.05, 3.63) is 29.3 Å². The van der Waals surface area contributed by atoms with Gasteiger partial charge in [0.2, 0.25) is 5.91 Å². The second kappa shape index (κ2) is 7.42. The average molecular weight is 292 g/mol. The molecule has 6 heteroatoms. The molecule has 0 aliphatic heterocycles. The van der Waals surface area contributed by atoms with E-state index in [0.29, 0.717) is 0 Å². The number of esters is 1. The van der Waals surface area contributed by atoms with Crippen LogP contribution in [0.25, 0.3) is 0 Å². The fourth-order valence-electron chi connectivity index (χ4n) is 1.64. The lowest BCUT2D eigenvalue weighted by Gasteiger charge is -2.17. The summed E-state index contributed by atoms with van der Waals surface area (Å²) in [6.07, 6.45) is 0. The van der Waals surface area contributed by atoms with E-state index in [0.717, 1.165) is 16.8 Å². The molecule has 0 aliphatic rings. The van der Waals surface area contributed by atoms with Crippen LogP contribution in [0.2, 0.25) is 0 Å². The molecule has 1 N–H and O–H groups in total. The number of aryl methyl sites for hydroxylation is 2. The van der Waals surface area contributed by atoms with Crippen LogP contribution in [0.1, 0.15) is 18.1 Å². The van der Waals surface area contributed by atoms with E-state index in [1.807, 2.05) is 32.0 Å². The highest BCUT2D eigenvalue weighted by molar-refractivity contribution is 5.95. The molecule has 0 fully saturated rings. The van der Waals surface area contributed by atoms with Crippen LogP contribution in [0, 0.1) is 13.8 Å². The van der Waals surface area contributed by atoms with E-state index in [2.05, 4.69) is 10.1 Å². The molecule has 0 unspecified atom stereocenters. The third-order valence-electron chi connectivity index (χ3n) is 2.87. The molecule has 0 saturated carbocycles. The van der Waals surface area contributed by atoms with Gasteiger partial charge < -0.3 is 15.0 Å². The molecule has 21 heavy (non-hydrogen) atoms. The SMILES string of the molecule is CC(=O)OCC(=O)N(C)CC(=O)Nc1cc(C)ccc1C. The highest BCUT2D eigenvalue weighted by Gasteiger charge is 2.14. The van der Waals surface area contributed by atoms with Crippen LogP contribution in [-0.2, 0) is 19.1 Å². The first-order valence-corrected chi connectivity index (χ1v) is 6.54. The maximum absolute atomic E-state index is 11.9. The van der Waals surface area contributed by atoms with Crippen molar-refractivity contribution in [2.45, 2.75) is 20.8 Å². The Morgan fingerprint density at radius 2 is 1.90 bits per heavy atom. The topological polar surface area (TPSA) is 75.7 Å². The number of nitrogens with one attached hydrogen (secondary N) is 1. The Labute approximate surface area is 124 Å². The minimum Gasteiger partial charge on any atom is -0.456 e. The highest BCUT2D eigenvalue weighted by Crippen LogP contribution is 2.16. The van der Waals surface area contributed by atoms with Gasteiger partial charge in [0.05, 0.1) is 6.54 Å². The molecular weight excluding hydrogens is 272 g/mol. The smallest absolute Gasteiger partial charge is 0.303 e. The molecule has 0 atom stereocenters. The third-order valence-corrected chi connectivity index (χ3v) is 2.87. The maximum Gasteiger partial charge on any atom is 0.303 e. The van der Waals surface area contributed by atoms with Gasteiger partial charge in [0.25, 0.3) is 5.91 Å². The minimum atomic E-state index is -0.531. The molecule has 6 nitrogen and oxygen atoms in total. The second-order valence-electron chi connectivity index (χ2n) is 4.90. The number of carbonyl (C=O) groups excluding carboxylic acids is 3. The number of carbonyl (C=O) groups is 3. The molecule has 2 amide bonds. The zero-order valence-electron chi connectivity index (χ0n) is 12.7. The van der Waals surface area contributed by atoms with Crippen LogP contribution < -0.4 is 5.32 Å². The quantitative estimate of drug-likeness (QED) is 0.829. The number of rotatable bonds is 5. The molecule has 1 aromatic carbocycles. The predicted molar refractivity (Wildman–Crippen MR) is 78.8 cm³/mol. The van der Waals surface area contributed by atoms with Crippen molar-refractivity contribution in [3.63, 3.8) is 0 Å². The van der Waals surface area contributed by atoms with Gasteiger partial charge in [-0.15, -0.1) is 0 Å². The van der Waals surface area contributed by atoms with Crippen LogP contribution in [-0.4, -0.2) is 42.9 Å². The summed E-state index contributed by atoms with van der Waals surface area (Å²) in [4.78, 5) is 35.4. The van der Waals surface area contributed by atoms with E-state index in [4.69, 9.17) is 0 Å². The van der Waals surface area contributed by atoms with Crippen molar-refractivity contribution in [2.24, 2.45) is 0 Å². The van der Waals surface area contributed by atoms with E-state index >= 15 is 0 Å². The Kier molecular flexibility index (Phi) is 5.90. The van der Waals surface area contributed by atoms with Gasteiger partial charge in [0, 0.05) is 19.7 Å². The first-order valence-electron chi connectivity index (χ1n) is 6.54. The maximum atomic E-state index is 11.9. The highest BCUT2D eigenvalue weighted by atomic mass is 16.5. The summed E-state index contributed by atoms with van der Waals surface area (Å²) in [5.74, 6) is -1.26. The molecule has 0 aromatic heterocycles. The first kappa shape index (κ1) is 16.7. The Morgan fingerprint density at radius 3 is 2.52 bits per heavy atom. The summed E-state index contributed by atoms with van der Waals surface area (Å²) in [5.41, 5.74) is 2.71. The molecule has 0 aliphatic carbocycles. The van der Waals surface area contributed by atoms with E-state index in [1.54, 1.807) is 0 Å². The largest absolute Gasteiger partial charge is 0.456 e. The second-order valence-corrected chi connectivity index (χ2v) is 4.90. The van der Waals surface area contributed by atoms with E-state index in [1.165, 1.54) is 18.9 Å². The van der Waals surface area contributed by atoms with Crippen LogP contribution in [0.3, 0.4) is 0 Å². The normalized spacial score (nSPS) is 9.90. The van der Waals surface area contributed by atoms with E-state index in [9.17, 15) is 14.4 Å². The van der Waals surface area contributed by atoms with Gasteiger partial charge in [-0.2, -0.15) is 0 Å². The third kappa shape index (κ3) is 5.64. The molecular formula is C15H20N2O4. The Bertz CT molecular complexity index is 555. The molecule has 0 heterocycles. The fourth-order valence-corrected chi connectivity index (χ4v) is 1.64. The van der Waals surface area contributed by atoms with Gasteiger partial charge in [-0.1, -0.05) is 12.1 Å². The number of hydrogen-bond donors (Lipinski definition) is 1. The number of amides is 2. The van der Waals surface area contributed by atoms with Gasteiger partial charge in [0.15, 0.2) is 6.61 Å². The lowest BCUT2D eigenvalue weighted by molar-refractivity contribution is -0.150. The van der Waals surface area contributed by atoms with Crippen molar-refractivity contribution in [1.82, 2.24) is 4.90 Å². The Balaban J connectivity index is 2.55. The van der Waals surface area contributed by atoms with Crippen LogP contribution in [0.15, 0.2) is 18.2 Å². The zero-order valence-corrected chi connectivity index (χ0v) is 12.7. The number of nitrogens with zero attached hydrogens (tertiary/aromatic N) is 1. The number of hydrogen-bond acceptors (Lipinski definition) is 4. The van der Waals surface area contributed by atoms with E-state index < -0.39 is 11.9 Å². The molecule has 0 saturated heterocycles. The van der Waals surface area contributed by atoms with Gasteiger partial charge in [-0.05, 0) is 31.0 Å². The molecule has 114 valence electrons. The Hall–Kier alpha value is -2.37. The summed E-state index contributed by atoms with van der Waals surface area (Å²) >= 11 is 0. The van der Waals surface area contributed by atoms with Crippen LogP contribution >= 0.6 is 0 Å². The molecule has 1 rings (SSSR count). The first-order chi connectivity index (χ1) is 9.79. The van der Waals surface area contributed by atoms with Crippen LogP contribution in [0.5, 0.6) is 0 Å². The molecule has 0 radical (unpaired) electrons.